The lowest BCUT2D eigenvalue weighted by Gasteiger charge is -2.27. The lowest BCUT2D eigenvalue weighted by Crippen LogP contribution is -2.45. The molecule has 2 saturated heterocycles. The number of imide groups is 1. The molecule has 0 aromatic heterocycles. The largest absolute Gasteiger partial charge is 0.508 e. The van der Waals surface area contributed by atoms with Crippen LogP contribution in [-0.4, -0.2) is 52.4 Å². The van der Waals surface area contributed by atoms with Crippen molar-refractivity contribution < 1.29 is 24.2 Å². The Labute approximate surface area is 168 Å². The first-order valence-electron chi connectivity index (χ1n) is 9.49. The van der Waals surface area contributed by atoms with Gasteiger partial charge < -0.3 is 9.84 Å². The SMILES string of the molecule is COC(=O)[C@@H]1[C@@H]2C(=O)N(Cc3ccccc3)C(=O)[C@@H]2CN1Cc1ccccc1O. The number of likely N-dealkylation sites (tertiary alicyclic amines) is 2. The number of amides is 2. The van der Waals surface area contributed by atoms with Gasteiger partial charge in [0.2, 0.25) is 11.8 Å². The molecular weight excluding hydrogens is 372 g/mol. The maximum absolute atomic E-state index is 13.1. The number of carbonyl (C=O) groups excluding carboxylic acids is 3. The summed E-state index contributed by atoms with van der Waals surface area (Å²) in [5.74, 6) is -2.42. The number of methoxy groups -OCH3 is 1. The third kappa shape index (κ3) is 3.38. The molecule has 0 spiro atoms. The maximum atomic E-state index is 13.1. The minimum absolute atomic E-state index is 0.108. The quantitative estimate of drug-likeness (QED) is 0.612. The van der Waals surface area contributed by atoms with Crippen LogP contribution in [0.15, 0.2) is 54.6 Å². The van der Waals surface area contributed by atoms with Crippen LogP contribution in [0, 0.1) is 11.8 Å². The van der Waals surface area contributed by atoms with Crippen molar-refractivity contribution in [1.82, 2.24) is 9.80 Å². The van der Waals surface area contributed by atoms with Crippen LogP contribution >= 0.6 is 0 Å². The van der Waals surface area contributed by atoms with E-state index in [4.69, 9.17) is 4.74 Å². The van der Waals surface area contributed by atoms with Gasteiger partial charge in [-0.3, -0.25) is 24.2 Å². The highest BCUT2D eigenvalue weighted by Gasteiger charge is 2.59. The summed E-state index contributed by atoms with van der Waals surface area (Å²) in [5.41, 5.74) is 1.48. The van der Waals surface area contributed by atoms with Gasteiger partial charge in [-0.1, -0.05) is 48.5 Å². The predicted molar refractivity (Wildman–Crippen MR) is 103 cm³/mol. The Bertz CT molecular complexity index is 945. The van der Waals surface area contributed by atoms with E-state index < -0.39 is 23.8 Å². The zero-order valence-corrected chi connectivity index (χ0v) is 16.0. The molecule has 150 valence electrons. The van der Waals surface area contributed by atoms with E-state index in [-0.39, 0.29) is 37.2 Å². The first-order valence-corrected chi connectivity index (χ1v) is 9.49. The maximum Gasteiger partial charge on any atom is 0.323 e. The molecule has 2 aliphatic rings. The van der Waals surface area contributed by atoms with E-state index in [2.05, 4.69) is 0 Å². The van der Waals surface area contributed by atoms with Crippen molar-refractivity contribution in [2.75, 3.05) is 13.7 Å². The van der Waals surface area contributed by atoms with Gasteiger partial charge in [0, 0.05) is 18.7 Å². The van der Waals surface area contributed by atoms with Crippen molar-refractivity contribution in [1.29, 1.82) is 0 Å². The van der Waals surface area contributed by atoms with Gasteiger partial charge in [0.25, 0.3) is 0 Å². The summed E-state index contributed by atoms with van der Waals surface area (Å²) in [6.45, 7) is 0.701. The van der Waals surface area contributed by atoms with Crippen LogP contribution in [0.4, 0.5) is 0 Å². The molecule has 0 unspecified atom stereocenters. The Morgan fingerprint density at radius 3 is 2.41 bits per heavy atom. The van der Waals surface area contributed by atoms with Crippen LogP contribution in [0.3, 0.4) is 0 Å². The molecule has 2 fully saturated rings. The first-order chi connectivity index (χ1) is 14.0. The number of rotatable bonds is 5. The Balaban J connectivity index is 1.60. The average Bonchev–Trinajstić information content (AvgIpc) is 3.21. The molecule has 0 bridgehead atoms. The molecule has 2 aromatic carbocycles. The van der Waals surface area contributed by atoms with Crippen molar-refractivity contribution in [3.05, 3.63) is 65.7 Å². The van der Waals surface area contributed by atoms with E-state index in [1.54, 1.807) is 29.2 Å². The number of phenolic OH excluding ortho intramolecular Hbond substituents is 1. The number of benzene rings is 2. The fraction of sp³-hybridized carbons (Fsp3) is 0.318. The van der Waals surface area contributed by atoms with Crippen molar-refractivity contribution in [2.45, 2.75) is 19.1 Å². The van der Waals surface area contributed by atoms with Crippen LogP contribution in [0.25, 0.3) is 0 Å². The second-order valence-electron chi connectivity index (χ2n) is 7.41. The van der Waals surface area contributed by atoms with E-state index in [0.29, 0.717) is 5.56 Å². The van der Waals surface area contributed by atoms with Gasteiger partial charge in [0.15, 0.2) is 0 Å². The fourth-order valence-corrected chi connectivity index (χ4v) is 4.32. The molecule has 7 heteroatoms. The van der Waals surface area contributed by atoms with Gasteiger partial charge in [0.05, 0.1) is 25.5 Å². The highest BCUT2D eigenvalue weighted by molar-refractivity contribution is 6.08. The number of fused-ring (bicyclic) bond motifs is 1. The Hall–Kier alpha value is -3.19. The molecule has 7 nitrogen and oxygen atoms in total. The van der Waals surface area contributed by atoms with Crippen molar-refractivity contribution in [3.8, 4) is 5.75 Å². The average molecular weight is 394 g/mol. The van der Waals surface area contributed by atoms with Crippen LogP contribution < -0.4 is 0 Å². The van der Waals surface area contributed by atoms with Crippen LogP contribution in [0.1, 0.15) is 11.1 Å². The van der Waals surface area contributed by atoms with Gasteiger partial charge in [-0.25, -0.2) is 0 Å². The molecule has 2 heterocycles. The number of aromatic hydroxyl groups is 1. The zero-order valence-electron chi connectivity index (χ0n) is 16.0. The molecule has 0 saturated carbocycles. The second kappa shape index (κ2) is 7.67. The summed E-state index contributed by atoms with van der Waals surface area (Å²) in [6, 6.07) is 15.3. The molecule has 0 radical (unpaired) electrons. The van der Waals surface area contributed by atoms with E-state index in [9.17, 15) is 19.5 Å². The number of esters is 1. The van der Waals surface area contributed by atoms with E-state index >= 15 is 0 Å². The molecule has 2 aromatic rings. The van der Waals surface area contributed by atoms with Gasteiger partial charge in [0.1, 0.15) is 11.8 Å². The molecule has 0 aliphatic carbocycles. The van der Waals surface area contributed by atoms with Crippen molar-refractivity contribution in [3.63, 3.8) is 0 Å². The van der Waals surface area contributed by atoms with Gasteiger partial charge in [-0.05, 0) is 11.6 Å². The number of phenols is 1. The summed E-state index contributed by atoms with van der Waals surface area (Å²) in [4.78, 5) is 41.7. The van der Waals surface area contributed by atoms with E-state index in [1.165, 1.54) is 12.0 Å². The second-order valence-corrected chi connectivity index (χ2v) is 7.41. The Morgan fingerprint density at radius 1 is 1.03 bits per heavy atom. The predicted octanol–water partition coefficient (Wildman–Crippen LogP) is 1.55. The van der Waals surface area contributed by atoms with E-state index in [1.807, 2.05) is 30.3 Å². The highest BCUT2D eigenvalue weighted by Crippen LogP contribution is 2.40. The molecule has 29 heavy (non-hydrogen) atoms. The highest BCUT2D eigenvalue weighted by atomic mass is 16.5. The molecular formula is C22H22N2O5. The summed E-state index contributed by atoms with van der Waals surface area (Å²) in [6.07, 6.45) is 0. The topological polar surface area (TPSA) is 87.2 Å². The molecule has 1 N–H and O–H groups in total. The lowest BCUT2D eigenvalue weighted by atomic mass is 9.93. The molecule has 2 amide bonds. The number of ether oxygens (including phenoxy) is 1. The molecule has 4 rings (SSSR count). The summed E-state index contributed by atoms with van der Waals surface area (Å²) >= 11 is 0. The number of carbonyl (C=O) groups is 3. The fourth-order valence-electron chi connectivity index (χ4n) is 4.32. The summed E-state index contributed by atoms with van der Waals surface area (Å²) in [5, 5.41) is 10.1. The van der Waals surface area contributed by atoms with Crippen molar-refractivity contribution in [2.24, 2.45) is 11.8 Å². The monoisotopic (exact) mass is 394 g/mol. The minimum atomic E-state index is -0.859. The van der Waals surface area contributed by atoms with E-state index in [0.717, 1.165) is 5.56 Å². The number of para-hydroxylation sites is 1. The molecule has 2 aliphatic heterocycles. The van der Waals surface area contributed by atoms with Crippen molar-refractivity contribution >= 4 is 17.8 Å². The normalized spacial score (nSPS) is 24.0. The number of hydrogen-bond acceptors (Lipinski definition) is 6. The molecule has 3 atom stereocenters. The Morgan fingerprint density at radius 2 is 1.72 bits per heavy atom. The van der Waals surface area contributed by atoms with Gasteiger partial charge in [-0.15, -0.1) is 0 Å². The zero-order chi connectivity index (χ0) is 20.5. The summed E-state index contributed by atoms with van der Waals surface area (Å²) in [7, 11) is 1.27. The standard InChI is InChI=1S/C22H22N2O5/c1-29-22(28)19-18-16(13-23(19)12-15-9-5-6-10-17(15)25)20(26)24(21(18)27)11-14-7-3-2-4-8-14/h2-10,16,18-19,25H,11-13H2,1H3/t16-,18-,19+/m1/s1. The Kier molecular flexibility index (Phi) is 5.07. The van der Waals surface area contributed by atoms with Crippen LogP contribution in [-0.2, 0) is 32.2 Å². The van der Waals surface area contributed by atoms with Gasteiger partial charge >= 0.3 is 5.97 Å². The third-order valence-corrected chi connectivity index (χ3v) is 5.72. The third-order valence-electron chi connectivity index (χ3n) is 5.72. The number of hydrogen-bond donors (Lipinski definition) is 1. The lowest BCUT2D eigenvalue weighted by molar-refractivity contribution is -0.152. The first kappa shape index (κ1) is 19.1. The van der Waals surface area contributed by atoms with Crippen LogP contribution in [0.5, 0.6) is 5.75 Å². The summed E-state index contributed by atoms with van der Waals surface area (Å²) < 4.78 is 4.95. The van der Waals surface area contributed by atoms with Gasteiger partial charge in [-0.2, -0.15) is 0 Å². The minimum Gasteiger partial charge on any atom is -0.508 e. The smallest absolute Gasteiger partial charge is 0.323 e. The van der Waals surface area contributed by atoms with Crippen LogP contribution in [0.2, 0.25) is 0 Å². The number of nitrogens with zero attached hydrogens (tertiary/aromatic N) is 2.